The number of nitrogens with zero attached hydrogens (tertiary/aromatic N) is 3. The predicted octanol–water partition coefficient (Wildman–Crippen LogP) is 7.91. The third kappa shape index (κ3) is 6.93. The number of fused-ring (bicyclic) bond motifs is 1. The topological polar surface area (TPSA) is 77.2 Å². The van der Waals surface area contributed by atoms with Gasteiger partial charge in [0.1, 0.15) is 23.2 Å². The fraction of sp³-hybridized carbons (Fsp3) is 0.276. The minimum Gasteiger partial charge on any atom is -0.495 e. The SMILES string of the molecule is COc1cc(C2(C)CCCc3nc(SCc4c(F)cncc4F)n(-c4ccc(F)cc4)c32)ccc1Cl.O=C(O)C(F)(F)F. The second-order valence-electron chi connectivity index (χ2n) is 9.71. The molecule has 0 saturated carbocycles. The van der Waals surface area contributed by atoms with Crippen molar-refractivity contribution in [2.45, 2.75) is 48.7 Å². The number of pyridine rings is 1. The van der Waals surface area contributed by atoms with E-state index in [0.717, 1.165) is 54.3 Å². The summed E-state index contributed by atoms with van der Waals surface area (Å²) in [5.74, 6) is -3.91. The number of carboxylic acids is 1. The van der Waals surface area contributed by atoms with Gasteiger partial charge in [-0.05, 0) is 68.1 Å². The van der Waals surface area contributed by atoms with Crippen LogP contribution in [0, 0.1) is 17.5 Å². The summed E-state index contributed by atoms with van der Waals surface area (Å²) in [6.07, 6.45) is -0.569. The minimum atomic E-state index is -5.08. The summed E-state index contributed by atoms with van der Waals surface area (Å²) in [5, 5.41) is 8.22. The molecule has 0 radical (unpaired) electrons. The van der Waals surface area contributed by atoms with Gasteiger partial charge >= 0.3 is 12.1 Å². The van der Waals surface area contributed by atoms with Crippen LogP contribution in [0.15, 0.2) is 60.0 Å². The number of halogens is 7. The number of aliphatic carboxylic acids is 1. The lowest BCUT2D eigenvalue weighted by molar-refractivity contribution is -0.192. The largest absolute Gasteiger partial charge is 0.495 e. The fourth-order valence-corrected chi connectivity index (χ4v) is 6.08. The van der Waals surface area contributed by atoms with Gasteiger partial charge in [0.25, 0.3) is 0 Å². The van der Waals surface area contributed by atoms with E-state index in [-0.39, 0.29) is 17.1 Å². The van der Waals surface area contributed by atoms with E-state index in [2.05, 4.69) is 11.9 Å². The number of ether oxygens (including phenoxy) is 1. The number of aromatic nitrogens is 3. The van der Waals surface area contributed by atoms with Crippen molar-refractivity contribution in [3.8, 4) is 11.4 Å². The van der Waals surface area contributed by atoms with Crippen molar-refractivity contribution in [2.75, 3.05) is 7.11 Å². The highest BCUT2D eigenvalue weighted by atomic mass is 35.5. The Morgan fingerprint density at radius 3 is 2.33 bits per heavy atom. The maximum absolute atomic E-state index is 14.3. The average Bonchev–Trinajstić information content (AvgIpc) is 3.33. The molecule has 0 amide bonds. The first kappa shape index (κ1) is 32.2. The van der Waals surface area contributed by atoms with Crippen LogP contribution in [0.4, 0.5) is 26.3 Å². The Morgan fingerprint density at radius 2 is 1.74 bits per heavy atom. The molecule has 1 aliphatic rings. The molecule has 14 heteroatoms. The molecule has 2 aromatic heterocycles. The van der Waals surface area contributed by atoms with E-state index in [1.54, 1.807) is 19.2 Å². The highest BCUT2D eigenvalue weighted by Crippen LogP contribution is 2.46. The summed E-state index contributed by atoms with van der Waals surface area (Å²) in [4.78, 5) is 17.4. The maximum Gasteiger partial charge on any atom is 0.490 e. The van der Waals surface area contributed by atoms with Crippen LogP contribution < -0.4 is 4.74 Å². The highest BCUT2D eigenvalue weighted by molar-refractivity contribution is 7.98. The number of benzene rings is 2. The molecule has 1 N–H and O–H groups in total. The van der Waals surface area contributed by atoms with Crippen LogP contribution >= 0.6 is 23.4 Å². The molecule has 228 valence electrons. The summed E-state index contributed by atoms with van der Waals surface area (Å²) in [5.41, 5.74) is 3.07. The van der Waals surface area contributed by atoms with Gasteiger partial charge in [0.15, 0.2) is 5.16 Å². The van der Waals surface area contributed by atoms with Gasteiger partial charge in [-0.25, -0.2) is 22.9 Å². The molecule has 0 fully saturated rings. The third-order valence-corrected chi connectivity index (χ3v) is 8.22. The molecule has 4 aromatic rings. The quantitative estimate of drug-likeness (QED) is 0.170. The number of imidazole rings is 1. The summed E-state index contributed by atoms with van der Waals surface area (Å²) in [6.45, 7) is 2.14. The zero-order valence-corrected chi connectivity index (χ0v) is 24.3. The third-order valence-electron chi connectivity index (χ3n) is 6.95. The van der Waals surface area contributed by atoms with Crippen molar-refractivity contribution >= 4 is 29.3 Å². The first-order valence-corrected chi connectivity index (χ1v) is 14.1. The molecule has 1 unspecified atom stereocenters. The normalized spacial score (nSPS) is 16.2. The van der Waals surface area contributed by atoms with Gasteiger partial charge in [-0.2, -0.15) is 13.2 Å². The molecule has 6 nitrogen and oxygen atoms in total. The smallest absolute Gasteiger partial charge is 0.490 e. The van der Waals surface area contributed by atoms with Crippen molar-refractivity contribution in [2.24, 2.45) is 0 Å². The van der Waals surface area contributed by atoms with Crippen LogP contribution in [0.2, 0.25) is 5.02 Å². The first-order valence-electron chi connectivity index (χ1n) is 12.7. The number of carboxylic acid groups (broad SMARTS) is 1. The van der Waals surface area contributed by atoms with Gasteiger partial charge in [-0.1, -0.05) is 29.4 Å². The summed E-state index contributed by atoms with van der Waals surface area (Å²) in [6, 6.07) is 11.9. The first-order chi connectivity index (χ1) is 20.3. The zero-order valence-electron chi connectivity index (χ0n) is 22.7. The fourth-order valence-electron chi connectivity index (χ4n) is 4.83. The minimum absolute atomic E-state index is 0.0305. The van der Waals surface area contributed by atoms with Gasteiger partial charge in [0, 0.05) is 22.4 Å². The van der Waals surface area contributed by atoms with E-state index in [1.807, 2.05) is 22.8 Å². The number of methoxy groups -OCH3 is 1. The van der Waals surface area contributed by atoms with E-state index < -0.39 is 29.2 Å². The molecule has 0 aliphatic heterocycles. The number of alkyl halides is 3. The molecule has 1 aliphatic carbocycles. The monoisotopic (exact) mass is 643 g/mol. The average molecular weight is 644 g/mol. The van der Waals surface area contributed by atoms with Crippen LogP contribution in [0.1, 0.15) is 42.3 Å². The molecule has 0 bridgehead atoms. The van der Waals surface area contributed by atoms with Crippen molar-refractivity contribution in [1.82, 2.24) is 14.5 Å². The Kier molecular flexibility index (Phi) is 9.65. The van der Waals surface area contributed by atoms with E-state index in [9.17, 15) is 26.3 Å². The van der Waals surface area contributed by atoms with Gasteiger partial charge in [-0.15, -0.1) is 0 Å². The molecular weight excluding hydrogens is 620 g/mol. The van der Waals surface area contributed by atoms with E-state index in [0.29, 0.717) is 15.9 Å². The Morgan fingerprint density at radius 1 is 1.12 bits per heavy atom. The maximum atomic E-state index is 14.3. The van der Waals surface area contributed by atoms with E-state index in [1.165, 1.54) is 23.9 Å². The van der Waals surface area contributed by atoms with Crippen LogP contribution in [0.5, 0.6) is 5.75 Å². The molecule has 0 saturated heterocycles. The lowest BCUT2D eigenvalue weighted by Crippen LogP contribution is -2.31. The van der Waals surface area contributed by atoms with Crippen LogP contribution in [-0.2, 0) is 22.4 Å². The molecular formula is C29H24ClF6N3O3S. The van der Waals surface area contributed by atoms with Crippen molar-refractivity contribution < 1.29 is 41.0 Å². The summed E-state index contributed by atoms with van der Waals surface area (Å²) >= 11 is 7.54. The molecule has 2 heterocycles. The van der Waals surface area contributed by atoms with Crippen LogP contribution in [0.25, 0.3) is 5.69 Å². The van der Waals surface area contributed by atoms with Gasteiger partial charge in [0.05, 0.1) is 35.9 Å². The number of carbonyl (C=O) groups is 1. The highest BCUT2D eigenvalue weighted by Gasteiger charge is 2.40. The van der Waals surface area contributed by atoms with Crippen LogP contribution in [0.3, 0.4) is 0 Å². The zero-order chi connectivity index (χ0) is 31.5. The molecule has 43 heavy (non-hydrogen) atoms. The Hall–Kier alpha value is -3.71. The van der Waals surface area contributed by atoms with Gasteiger partial charge in [-0.3, -0.25) is 9.55 Å². The Bertz CT molecular complexity index is 1610. The Balaban J connectivity index is 0.000000541. The molecule has 1 atom stereocenters. The number of aryl methyl sites for hydroxylation is 1. The predicted molar refractivity (Wildman–Crippen MR) is 148 cm³/mol. The number of rotatable bonds is 6. The molecule has 2 aromatic carbocycles. The second-order valence-corrected chi connectivity index (χ2v) is 11.1. The summed E-state index contributed by atoms with van der Waals surface area (Å²) in [7, 11) is 1.58. The number of hydrogen-bond donors (Lipinski definition) is 1. The van der Waals surface area contributed by atoms with Crippen molar-refractivity contribution in [1.29, 1.82) is 0 Å². The van der Waals surface area contributed by atoms with Gasteiger partial charge < -0.3 is 9.84 Å². The lowest BCUT2D eigenvalue weighted by atomic mass is 9.71. The van der Waals surface area contributed by atoms with E-state index in [4.69, 9.17) is 31.2 Å². The van der Waals surface area contributed by atoms with Gasteiger partial charge in [0.2, 0.25) is 0 Å². The van der Waals surface area contributed by atoms with Crippen molar-refractivity contribution in [3.05, 3.63) is 99.8 Å². The number of thioether (sulfide) groups is 1. The standard InChI is InChI=1S/C27H23ClF3N3OS.C2HF3O2/c1-27(16-5-10-20(28)24(12-16)35-2)11-3-4-23-25(27)34(18-8-6-17(29)7-9-18)26(33-23)36-15-19-21(30)13-32-14-22(19)31;3-2(4,5)1(6)7/h5-10,12-14H,3-4,11,15H2,1-2H3;(H,6,7). The molecule has 0 spiro atoms. The lowest BCUT2D eigenvalue weighted by Gasteiger charge is -2.36. The second kappa shape index (κ2) is 12.9. The van der Waals surface area contributed by atoms with Crippen LogP contribution in [-0.4, -0.2) is 38.9 Å². The van der Waals surface area contributed by atoms with Crippen molar-refractivity contribution in [3.63, 3.8) is 0 Å². The molecule has 5 rings (SSSR count). The van der Waals surface area contributed by atoms with E-state index >= 15 is 0 Å². The Labute approximate surface area is 251 Å². The summed E-state index contributed by atoms with van der Waals surface area (Å²) < 4.78 is 81.6. The number of hydrogen-bond acceptors (Lipinski definition) is 5.